The lowest BCUT2D eigenvalue weighted by Gasteiger charge is -2.40. The molecule has 2 fully saturated rings. The number of aliphatic imine (C=N–C) groups is 1. The molecule has 1 saturated carbocycles. The highest BCUT2D eigenvalue weighted by molar-refractivity contribution is 8.13. The monoisotopic (exact) mass is 309 g/mol. The number of hydrogen-bond acceptors (Lipinski definition) is 4. The molecule has 0 aromatic carbocycles. The van der Waals surface area contributed by atoms with Crippen LogP contribution in [0, 0.1) is 10.8 Å². The van der Waals surface area contributed by atoms with E-state index in [0.717, 1.165) is 13.1 Å². The Morgan fingerprint density at radius 1 is 1.14 bits per heavy atom. The molecule has 3 nitrogen and oxygen atoms in total. The Bertz CT molecular complexity index is 379. The topological polar surface area (TPSA) is 27.6 Å². The molecule has 1 spiro atoms. The highest BCUT2D eigenvalue weighted by atomic mass is 32.2. The van der Waals surface area contributed by atoms with Crippen molar-refractivity contribution in [3.05, 3.63) is 0 Å². The Labute approximate surface area is 134 Å². The minimum Gasteiger partial charge on any atom is -0.364 e. The third-order valence-electron chi connectivity index (χ3n) is 5.85. The van der Waals surface area contributed by atoms with Gasteiger partial charge in [-0.2, -0.15) is 0 Å². The maximum Gasteiger partial charge on any atom is 0.156 e. The van der Waals surface area contributed by atoms with Gasteiger partial charge in [-0.05, 0) is 56.7 Å². The van der Waals surface area contributed by atoms with Gasteiger partial charge in [0, 0.05) is 18.8 Å². The fourth-order valence-corrected chi connectivity index (χ4v) is 5.04. The molecule has 120 valence electrons. The van der Waals surface area contributed by atoms with Crippen molar-refractivity contribution in [1.29, 1.82) is 0 Å². The molecule has 1 aliphatic carbocycles. The average molecular weight is 310 g/mol. The van der Waals surface area contributed by atoms with Crippen molar-refractivity contribution in [1.82, 2.24) is 10.2 Å². The Kier molecular flexibility index (Phi) is 4.84. The molecule has 0 bridgehead atoms. The molecule has 1 N–H and O–H groups in total. The average Bonchev–Trinajstić information content (AvgIpc) is 2.51. The van der Waals surface area contributed by atoms with Crippen molar-refractivity contribution in [2.24, 2.45) is 15.8 Å². The van der Waals surface area contributed by atoms with E-state index in [9.17, 15) is 0 Å². The summed E-state index contributed by atoms with van der Waals surface area (Å²) in [4.78, 5) is 7.34. The number of amidine groups is 1. The summed E-state index contributed by atoms with van der Waals surface area (Å²) >= 11 is 1.98. The Morgan fingerprint density at radius 2 is 1.86 bits per heavy atom. The van der Waals surface area contributed by atoms with E-state index in [1.807, 2.05) is 11.8 Å². The lowest BCUT2D eigenvalue weighted by atomic mass is 9.75. The minimum atomic E-state index is 0.454. The molecule has 0 aromatic rings. The van der Waals surface area contributed by atoms with Crippen molar-refractivity contribution >= 4 is 16.9 Å². The first-order valence-electron chi connectivity index (χ1n) is 8.69. The number of likely N-dealkylation sites (tertiary alicyclic amines) is 1. The number of nitrogens with one attached hydrogen (secondary N) is 1. The first-order valence-corrected chi connectivity index (χ1v) is 9.68. The second-order valence-corrected chi connectivity index (χ2v) is 8.90. The van der Waals surface area contributed by atoms with Gasteiger partial charge in [0.2, 0.25) is 0 Å². The predicted molar refractivity (Wildman–Crippen MR) is 93.1 cm³/mol. The molecule has 0 atom stereocenters. The maximum absolute atomic E-state index is 4.89. The molecular formula is C17H31N3S. The Morgan fingerprint density at radius 3 is 2.48 bits per heavy atom. The van der Waals surface area contributed by atoms with Crippen LogP contribution in [-0.4, -0.2) is 49.0 Å². The first-order chi connectivity index (χ1) is 10.1. The molecule has 0 unspecified atom stereocenters. The fraction of sp³-hybridized carbons (Fsp3) is 0.941. The van der Waals surface area contributed by atoms with Crippen LogP contribution in [0.2, 0.25) is 0 Å². The number of thioether (sulfide) groups is 1. The van der Waals surface area contributed by atoms with E-state index in [0.29, 0.717) is 10.8 Å². The molecule has 3 aliphatic rings. The van der Waals surface area contributed by atoms with Crippen LogP contribution in [0.25, 0.3) is 0 Å². The zero-order chi connectivity index (χ0) is 14.8. The number of piperidine rings is 1. The van der Waals surface area contributed by atoms with Crippen molar-refractivity contribution in [2.75, 3.05) is 39.0 Å². The standard InChI is InChI=1S/C17H31N3S/c1-16(8-10-20(2)11-9-16)12-18-15-19-13-17(14-21-15)6-4-3-5-7-17/h3-14H2,1-2H3,(H,18,19). The normalized spacial score (nSPS) is 29.1. The van der Waals surface area contributed by atoms with E-state index >= 15 is 0 Å². The van der Waals surface area contributed by atoms with Crippen molar-refractivity contribution in [3.63, 3.8) is 0 Å². The van der Waals surface area contributed by atoms with Gasteiger partial charge in [0.1, 0.15) is 0 Å². The SMILES string of the molecule is CN1CCC(C)(CNC2=NCC3(CCCCC3)CS2)CC1. The van der Waals surface area contributed by atoms with Crippen LogP contribution in [0.5, 0.6) is 0 Å². The van der Waals surface area contributed by atoms with Gasteiger partial charge in [0.25, 0.3) is 0 Å². The highest BCUT2D eigenvalue weighted by Crippen LogP contribution is 2.41. The Hall–Kier alpha value is -0.220. The van der Waals surface area contributed by atoms with E-state index < -0.39 is 0 Å². The van der Waals surface area contributed by atoms with Crippen LogP contribution in [-0.2, 0) is 0 Å². The third kappa shape index (κ3) is 3.95. The summed E-state index contributed by atoms with van der Waals surface area (Å²) in [6.07, 6.45) is 9.70. The molecule has 4 heteroatoms. The largest absolute Gasteiger partial charge is 0.364 e. The van der Waals surface area contributed by atoms with E-state index in [2.05, 4.69) is 24.2 Å². The van der Waals surface area contributed by atoms with Crippen LogP contribution in [0.4, 0.5) is 0 Å². The molecule has 1 saturated heterocycles. The van der Waals surface area contributed by atoms with E-state index in [-0.39, 0.29) is 0 Å². The van der Waals surface area contributed by atoms with Gasteiger partial charge in [0.15, 0.2) is 5.17 Å². The quantitative estimate of drug-likeness (QED) is 0.847. The van der Waals surface area contributed by atoms with Crippen molar-refractivity contribution < 1.29 is 0 Å². The van der Waals surface area contributed by atoms with Crippen LogP contribution in [0.15, 0.2) is 4.99 Å². The van der Waals surface area contributed by atoms with Gasteiger partial charge in [-0.3, -0.25) is 4.99 Å². The summed E-state index contributed by atoms with van der Waals surface area (Å²) in [5.74, 6) is 1.29. The van der Waals surface area contributed by atoms with Crippen molar-refractivity contribution in [3.8, 4) is 0 Å². The van der Waals surface area contributed by atoms with Gasteiger partial charge >= 0.3 is 0 Å². The zero-order valence-electron chi connectivity index (χ0n) is 13.8. The summed E-state index contributed by atoms with van der Waals surface area (Å²) in [7, 11) is 2.23. The summed E-state index contributed by atoms with van der Waals surface area (Å²) in [5, 5.41) is 4.88. The van der Waals surface area contributed by atoms with Gasteiger partial charge in [-0.25, -0.2) is 0 Å². The van der Waals surface area contributed by atoms with Crippen LogP contribution in [0.3, 0.4) is 0 Å². The first kappa shape index (κ1) is 15.7. The lowest BCUT2D eigenvalue weighted by Crippen LogP contribution is -2.44. The molecule has 0 radical (unpaired) electrons. The molecule has 0 aromatic heterocycles. The molecule has 0 amide bonds. The van der Waals surface area contributed by atoms with Gasteiger partial charge < -0.3 is 10.2 Å². The Balaban J connectivity index is 1.48. The second-order valence-electron chi connectivity index (χ2n) is 7.94. The van der Waals surface area contributed by atoms with Crippen molar-refractivity contribution in [2.45, 2.75) is 51.9 Å². The second kappa shape index (κ2) is 6.49. The lowest BCUT2D eigenvalue weighted by molar-refractivity contribution is 0.142. The molecule has 2 heterocycles. The minimum absolute atomic E-state index is 0.454. The van der Waals surface area contributed by atoms with Gasteiger partial charge in [-0.1, -0.05) is 37.9 Å². The smallest absolute Gasteiger partial charge is 0.156 e. The zero-order valence-corrected chi connectivity index (χ0v) is 14.6. The number of nitrogens with zero attached hydrogens (tertiary/aromatic N) is 2. The number of rotatable bonds is 2. The molecule has 21 heavy (non-hydrogen) atoms. The predicted octanol–water partition coefficient (Wildman–Crippen LogP) is 3.36. The summed E-state index contributed by atoms with van der Waals surface area (Å²) in [6, 6.07) is 0. The molecule has 3 rings (SSSR count). The highest BCUT2D eigenvalue weighted by Gasteiger charge is 2.35. The van der Waals surface area contributed by atoms with Gasteiger partial charge in [0.05, 0.1) is 0 Å². The molecular weight excluding hydrogens is 278 g/mol. The van der Waals surface area contributed by atoms with E-state index in [1.54, 1.807) is 0 Å². The third-order valence-corrected chi connectivity index (χ3v) is 7.15. The van der Waals surface area contributed by atoms with E-state index in [1.165, 1.54) is 69.0 Å². The fourth-order valence-electron chi connectivity index (χ4n) is 3.89. The summed E-state index contributed by atoms with van der Waals surface area (Å²) < 4.78 is 0. The van der Waals surface area contributed by atoms with Crippen LogP contribution in [0.1, 0.15) is 51.9 Å². The summed E-state index contributed by atoms with van der Waals surface area (Å²) in [5.41, 5.74) is 1.00. The maximum atomic E-state index is 4.89. The van der Waals surface area contributed by atoms with Crippen LogP contribution < -0.4 is 5.32 Å². The summed E-state index contributed by atoms with van der Waals surface area (Å²) in [6.45, 7) is 7.08. The molecule has 2 aliphatic heterocycles. The van der Waals surface area contributed by atoms with Gasteiger partial charge in [-0.15, -0.1) is 0 Å². The number of hydrogen-bond donors (Lipinski definition) is 1. The van der Waals surface area contributed by atoms with Crippen LogP contribution >= 0.6 is 11.8 Å². The van der Waals surface area contributed by atoms with E-state index in [4.69, 9.17) is 4.99 Å².